The third kappa shape index (κ3) is 2.98. The molecule has 0 aliphatic carbocycles. The number of hydrogen-bond acceptors (Lipinski definition) is 3. The van der Waals surface area contributed by atoms with E-state index in [1.165, 1.54) is 0 Å². The van der Waals surface area contributed by atoms with Gasteiger partial charge in [0.1, 0.15) is 11.8 Å². The quantitative estimate of drug-likeness (QED) is 0.564. The first-order valence-electron chi connectivity index (χ1n) is 4.85. The van der Waals surface area contributed by atoms with Crippen molar-refractivity contribution in [2.45, 2.75) is 12.5 Å². The van der Waals surface area contributed by atoms with Crippen LogP contribution in [0.15, 0.2) is 24.4 Å². The molecule has 0 spiro atoms. The van der Waals surface area contributed by atoms with Crippen molar-refractivity contribution in [3.63, 3.8) is 0 Å². The Bertz CT molecular complexity index is 537. The first-order valence-corrected chi connectivity index (χ1v) is 4.85. The van der Waals surface area contributed by atoms with Crippen molar-refractivity contribution in [1.82, 2.24) is 4.98 Å². The Labute approximate surface area is 102 Å². The number of H-pyrrole nitrogens is 1. The van der Waals surface area contributed by atoms with Gasteiger partial charge in [-0.3, -0.25) is 4.79 Å². The smallest absolute Gasteiger partial charge is 0.320 e. The number of phenolic OH excluding ortho intramolecular Hbond substituents is 1. The number of phenols is 1. The zero-order valence-corrected chi connectivity index (χ0v) is 9.47. The zero-order chi connectivity index (χ0) is 11.7. The van der Waals surface area contributed by atoms with Crippen LogP contribution in [-0.4, -0.2) is 38.2 Å². The van der Waals surface area contributed by atoms with E-state index >= 15 is 0 Å². The molecular formula is C11H16N2O5. The maximum atomic E-state index is 10.6. The number of aromatic hydroxyl groups is 1. The van der Waals surface area contributed by atoms with Gasteiger partial charge in [-0.25, -0.2) is 0 Å². The highest BCUT2D eigenvalue weighted by Crippen LogP contribution is 2.23. The van der Waals surface area contributed by atoms with Crippen molar-refractivity contribution in [2.24, 2.45) is 5.73 Å². The van der Waals surface area contributed by atoms with Gasteiger partial charge >= 0.3 is 5.97 Å². The van der Waals surface area contributed by atoms with Gasteiger partial charge in [0.2, 0.25) is 0 Å². The number of aromatic nitrogens is 1. The van der Waals surface area contributed by atoms with Crippen LogP contribution in [0.25, 0.3) is 10.9 Å². The molecule has 0 bridgehead atoms. The minimum atomic E-state index is -1.03. The monoisotopic (exact) mass is 256 g/mol. The predicted molar refractivity (Wildman–Crippen MR) is 66.5 cm³/mol. The summed E-state index contributed by atoms with van der Waals surface area (Å²) < 4.78 is 0. The molecule has 0 unspecified atom stereocenters. The van der Waals surface area contributed by atoms with E-state index in [0.717, 1.165) is 16.5 Å². The summed E-state index contributed by atoms with van der Waals surface area (Å²) in [5.41, 5.74) is 7.11. The lowest BCUT2D eigenvalue weighted by Gasteiger charge is -2.04. The molecular weight excluding hydrogens is 240 g/mol. The van der Waals surface area contributed by atoms with Crippen LogP contribution in [-0.2, 0) is 11.2 Å². The lowest BCUT2D eigenvalue weighted by Crippen LogP contribution is -2.32. The molecule has 7 heteroatoms. The molecule has 9 N–H and O–H groups in total. The average molecular weight is 256 g/mol. The molecule has 0 aliphatic heterocycles. The van der Waals surface area contributed by atoms with E-state index in [2.05, 4.69) is 4.98 Å². The largest absolute Gasteiger partial charge is 0.508 e. The van der Waals surface area contributed by atoms with E-state index in [0.29, 0.717) is 0 Å². The Morgan fingerprint density at radius 2 is 2.06 bits per heavy atom. The highest BCUT2D eigenvalue weighted by atomic mass is 16.4. The van der Waals surface area contributed by atoms with Crippen LogP contribution in [0.1, 0.15) is 5.56 Å². The van der Waals surface area contributed by atoms with Crippen molar-refractivity contribution in [2.75, 3.05) is 0 Å². The molecule has 0 aliphatic rings. The number of fused-ring (bicyclic) bond motifs is 1. The average Bonchev–Trinajstić information content (AvgIpc) is 2.61. The highest BCUT2D eigenvalue weighted by molar-refractivity contribution is 5.85. The minimum Gasteiger partial charge on any atom is -0.508 e. The van der Waals surface area contributed by atoms with Gasteiger partial charge < -0.3 is 31.9 Å². The number of nitrogens with one attached hydrogen (secondary N) is 1. The van der Waals surface area contributed by atoms with Gasteiger partial charge in [-0.2, -0.15) is 0 Å². The molecule has 100 valence electrons. The fraction of sp³-hybridized carbons (Fsp3) is 0.182. The topological polar surface area (TPSA) is 162 Å². The van der Waals surface area contributed by atoms with Crippen LogP contribution in [0.5, 0.6) is 5.75 Å². The normalized spacial score (nSPS) is 11.4. The number of carboxylic acid groups (broad SMARTS) is 1. The van der Waals surface area contributed by atoms with Crippen LogP contribution in [0.2, 0.25) is 0 Å². The fourth-order valence-corrected chi connectivity index (χ4v) is 1.66. The van der Waals surface area contributed by atoms with E-state index in [4.69, 9.17) is 10.8 Å². The molecule has 0 radical (unpaired) electrons. The first-order chi connectivity index (χ1) is 7.58. The fourth-order valence-electron chi connectivity index (χ4n) is 1.66. The number of aromatic amines is 1. The Kier molecular flexibility index (Phi) is 5.31. The SMILES string of the molecule is N[C@@H](Cc1c[nH]c2ccc(O)cc12)C(=O)O.O.O. The second-order valence-corrected chi connectivity index (χ2v) is 3.69. The number of nitrogens with two attached hydrogens (primary N) is 1. The third-order valence-electron chi connectivity index (χ3n) is 2.51. The summed E-state index contributed by atoms with van der Waals surface area (Å²) in [6.45, 7) is 0. The van der Waals surface area contributed by atoms with Gasteiger partial charge in [0.15, 0.2) is 0 Å². The number of rotatable bonds is 3. The summed E-state index contributed by atoms with van der Waals surface area (Å²) in [5, 5.41) is 18.9. The summed E-state index contributed by atoms with van der Waals surface area (Å²) in [4.78, 5) is 13.6. The summed E-state index contributed by atoms with van der Waals surface area (Å²) >= 11 is 0. The minimum absolute atomic E-state index is 0. The molecule has 0 saturated carbocycles. The van der Waals surface area contributed by atoms with Crippen LogP contribution < -0.4 is 5.73 Å². The maximum absolute atomic E-state index is 10.6. The number of benzene rings is 1. The summed E-state index contributed by atoms with van der Waals surface area (Å²) in [7, 11) is 0. The summed E-state index contributed by atoms with van der Waals surface area (Å²) in [6, 6.07) is 3.97. The van der Waals surface area contributed by atoms with Crippen LogP contribution in [0.3, 0.4) is 0 Å². The zero-order valence-electron chi connectivity index (χ0n) is 9.47. The van der Waals surface area contributed by atoms with Crippen molar-refractivity contribution in [1.29, 1.82) is 0 Å². The molecule has 18 heavy (non-hydrogen) atoms. The van der Waals surface area contributed by atoms with E-state index in [1.807, 2.05) is 0 Å². The van der Waals surface area contributed by atoms with Gasteiger partial charge in [-0.05, 0) is 23.8 Å². The Balaban J connectivity index is 0.00000144. The van der Waals surface area contributed by atoms with Crippen LogP contribution in [0, 0.1) is 0 Å². The van der Waals surface area contributed by atoms with Crippen LogP contribution in [0.4, 0.5) is 0 Å². The molecule has 0 fully saturated rings. The van der Waals surface area contributed by atoms with Gasteiger partial charge in [0.05, 0.1) is 0 Å². The van der Waals surface area contributed by atoms with Crippen LogP contribution >= 0.6 is 0 Å². The lowest BCUT2D eigenvalue weighted by molar-refractivity contribution is -0.138. The van der Waals surface area contributed by atoms with Crippen molar-refractivity contribution in [3.8, 4) is 5.75 Å². The molecule has 1 atom stereocenters. The molecule has 2 rings (SSSR count). The molecule has 0 saturated heterocycles. The molecule has 0 amide bonds. The van der Waals surface area contributed by atoms with Crippen molar-refractivity contribution in [3.05, 3.63) is 30.0 Å². The predicted octanol–water partition coefficient (Wildman–Crippen LogP) is -0.821. The second kappa shape index (κ2) is 6.01. The molecule has 1 aromatic carbocycles. The number of aliphatic carboxylic acids is 1. The Morgan fingerprint density at radius 1 is 1.39 bits per heavy atom. The van der Waals surface area contributed by atoms with Crippen molar-refractivity contribution >= 4 is 16.9 Å². The number of hydrogen-bond donors (Lipinski definition) is 4. The third-order valence-corrected chi connectivity index (χ3v) is 2.51. The molecule has 7 nitrogen and oxygen atoms in total. The standard InChI is InChI=1S/C11H12N2O3.2H2O/c12-9(11(15)16)3-6-5-13-10-2-1-7(14)4-8(6)10;;/h1-2,4-5,9,13-14H,3,12H2,(H,15,16);2*1H2/t9-;;/m0../s1. The van der Waals surface area contributed by atoms with Gasteiger partial charge in [0, 0.05) is 23.5 Å². The summed E-state index contributed by atoms with van der Waals surface area (Å²) in [6.07, 6.45) is 1.95. The lowest BCUT2D eigenvalue weighted by atomic mass is 10.1. The Hall–Kier alpha value is -2.09. The molecule has 2 aromatic rings. The molecule has 1 heterocycles. The maximum Gasteiger partial charge on any atom is 0.320 e. The van der Waals surface area contributed by atoms with Gasteiger partial charge in [-0.1, -0.05) is 0 Å². The van der Waals surface area contributed by atoms with E-state index in [9.17, 15) is 9.90 Å². The molecule has 1 aromatic heterocycles. The van der Waals surface area contributed by atoms with E-state index in [1.54, 1.807) is 24.4 Å². The number of carbonyl (C=O) groups is 1. The van der Waals surface area contributed by atoms with E-state index < -0.39 is 12.0 Å². The first kappa shape index (κ1) is 15.9. The summed E-state index contributed by atoms with van der Waals surface area (Å²) in [5.74, 6) is -0.883. The van der Waals surface area contributed by atoms with Crippen molar-refractivity contribution < 1.29 is 26.0 Å². The van der Waals surface area contributed by atoms with Gasteiger partial charge in [0.25, 0.3) is 0 Å². The van der Waals surface area contributed by atoms with Gasteiger partial charge in [-0.15, -0.1) is 0 Å². The second-order valence-electron chi connectivity index (χ2n) is 3.69. The Morgan fingerprint density at radius 3 is 2.67 bits per heavy atom. The van der Waals surface area contributed by atoms with E-state index in [-0.39, 0.29) is 23.1 Å². The highest BCUT2D eigenvalue weighted by Gasteiger charge is 2.14. The number of carboxylic acids is 1.